The Bertz CT molecular complexity index is 627. The normalized spacial score (nSPS) is 10.6. The molecule has 0 spiro atoms. The summed E-state index contributed by atoms with van der Waals surface area (Å²) in [5.41, 5.74) is 7.71. The van der Waals surface area contributed by atoms with E-state index in [9.17, 15) is 0 Å². The van der Waals surface area contributed by atoms with E-state index in [1.165, 1.54) is 0 Å². The van der Waals surface area contributed by atoms with Crippen molar-refractivity contribution >= 4 is 34.7 Å². The molecule has 112 valence electrons. The summed E-state index contributed by atoms with van der Waals surface area (Å²) in [7, 11) is 0. The number of rotatable bonds is 7. The Labute approximate surface area is 133 Å². The molecular weight excluding hydrogens is 304 g/mol. The topological polar surface area (TPSA) is 77.0 Å². The van der Waals surface area contributed by atoms with Gasteiger partial charge in [-0.1, -0.05) is 30.4 Å². The van der Waals surface area contributed by atoms with Crippen molar-refractivity contribution in [2.45, 2.75) is 25.2 Å². The number of hydrogen-bond acceptors (Lipinski definition) is 6. The second-order valence-electron chi connectivity index (χ2n) is 4.39. The van der Waals surface area contributed by atoms with Crippen molar-refractivity contribution in [2.75, 3.05) is 17.6 Å². The molecule has 0 aliphatic carbocycles. The van der Waals surface area contributed by atoms with Crippen LogP contribution in [0.15, 0.2) is 27.6 Å². The lowest BCUT2D eigenvalue weighted by molar-refractivity contribution is 0.377. The molecule has 7 heteroatoms. The van der Waals surface area contributed by atoms with Crippen molar-refractivity contribution < 1.29 is 4.52 Å². The number of hydrogen-bond donors (Lipinski definition) is 2. The third-order valence-electron chi connectivity index (χ3n) is 2.80. The second kappa shape index (κ2) is 7.42. The van der Waals surface area contributed by atoms with Gasteiger partial charge in [0, 0.05) is 29.1 Å². The van der Waals surface area contributed by atoms with Gasteiger partial charge in [0.2, 0.25) is 5.89 Å². The van der Waals surface area contributed by atoms with E-state index < -0.39 is 0 Å². The van der Waals surface area contributed by atoms with Crippen molar-refractivity contribution in [3.05, 3.63) is 35.5 Å². The average Bonchev–Trinajstić information content (AvgIpc) is 2.85. The Morgan fingerprint density at radius 3 is 2.90 bits per heavy atom. The fraction of sp³-hybridized carbons (Fsp3) is 0.357. The smallest absolute Gasteiger partial charge is 0.228 e. The Kier molecular flexibility index (Phi) is 5.58. The van der Waals surface area contributed by atoms with Crippen LogP contribution < -0.4 is 11.1 Å². The maximum Gasteiger partial charge on any atom is 0.228 e. The zero-order valence-electron chi connectivity index (χ0n) is 12.0. The highest BCUT2D eigenvalue weighted by atomic mass is 32.2. The zero-order valence-corrected chi connectivity index (χ0v) is 13.7. The number of nitrogens with one attached hydrogen (secondary N) is 1. The van der Waals surface area contributed by atoms with Crippen molar-refractivity contribution in [2.24, 2.45) is 5.73 Å². The minimum absolute atomic E-state index is 0.405. The summed E-state index contributed by atoms with van der Waals surface area (Å²) in [5.74, 6) is 2.24. The number of nitrogens with two attached hydrogens (primary N) is 1. The molecule has 0 aliphatic rings. The molecule has 0 saturated heterocycles. The van der Waals surface area contributed by atoms with Gasteiger partial charge in [-0.3, -0.25) is 0 Å². The minimum Gasteiger partial charge on any atom is -0.389 e. The highest BCUT2D eigenvalue weighted by molar-refractivity contribution is 7.99. The maximum atomic E-state index is 5.87. The van der Waals surface area contributed by atoms with Gasteiger partial charge in [0.1, 0.15) is 4.99 Å². The van der Waals surface area contributed by atoms with Crippen molar-refractivity contribution in [1.29, 1.82) is 0 Å². The van der Waals surface area contributed by atoms with Crippen LogP contribution in [0.4, 0.5) is 5.69 Å². The van der Waals surface area contributed by atoms with Crippen molar-refractivity contribution in [3.8, 4) is 0 Å². The number of benzene rings is 1. The molecule has 1 heterocycles. The lowest BCUT2D eigenvalue weighted by Crippen LogP contribution is -2.16. The highest BCUT2D eigenvalue weighted by Crippen LogP contribution is 2.28. The molecule has 1 aromatic heterocycles. The fourth-order valence-electron chi connectivity index (χ4n) is 1.95. The van der Waals surface area contributed by atoms with Gasteiger partial charge in [0.15, 0.2) is 5.82 Å². The standard InChI is InChI=1S/C14H18N4OS2/c1-3-21-11-6-4-5-10(13(11)14(15)20)16-8-7-12-17-9(2)18-19-12/h4-6,16H,3,7-8H2,1-2H3,(H2,15,20). The summed E-state index contributed by atoms with van der Waals surface area (Å²) in [6.07, 6.45) is 0.656. The summed E-state index contributed by atoms with van der Waals surface area (Å²) >= 11 is 6.91. The number of anilines is 1. The van der Waals surface area contributed by atoms with Crippen LogP contribution in [-0.4, -0.2) is 27.4 Å². The van der Waals surface area contributed by atoms with Crippen molar-refractivity contribution in [3.63, 3.8) is 0 Å². The molecule has 0 atom stereocenters. The van der Waals surface area contributed by atoms with Crippen LogP contribution in [0.1, 0.15) is 24.2 Å². The first-order valence-electron chi connectivity index (χ1n) is 6.70. The third-order valence-corrected chi connectivity index (χ3v) is 3.94. The van der Waals surface area contributed by atoms with E-state index >= 15 is 0 Å². The van der Waals surface area contributed by atoms with Crippen molar-refractivity contribution in [1.82, 2.24) is 10.1 Å². The minimum atomic E-state index is 0.405. The van der Waals surface area contributed by atoms with E-state index in [2.05, 4.69) is 22.4 Å². The molecule has 21 heavy (non-hydrogen) atoms. The number of aryl methyl sites for hydroxylation is 1. The first-order valence-corrected chi connectivity index (χ1v) is 8.10. The van der Waals surface area contributed by atoms with Crippen LogP contribution in [0.3, 0.4) is 0 Å². The van der Waals surface area contributed by atoms with Crippen LogP contribution in [0.2, 0.25) is 0 Å². The van der Waals surface area contributed by atoms with Gasteiger partial charge >= 0.3 is 0 Å². The molecule has 0 fully saturated rings. The first kappa shape index (κ1) is 15.8. The summed E-state index contributed by atoms with van der Waals surface area (Å²) in [6.45, 7) is 4.58. The number of nitrogens with zero attached hydrogens (tertiary/aromatic N) is 2. The van der Waals surface area contributed by atoms with Gasteiger partial charge in [-0.05, 0) is 24.8 Å². The van der Waals surface area contributed by atoms with E-state index in [1.807, 2.05) is 18.2 Å². The van der Waals surface area contributed by atoms with E-state index in [0.717, 1.165) is 21.9 Å². The fourth-order valence-corrected chi connectivity index (χ4v) is 3.09. The molecule has 0 radical (unpaired) electrons. The molecule has 5 nitrogen and oxygen atoms in total. The maximum absolute atomic E-state index is 5.87. The predicted octanol–water partition coefficient (Wildman–Crippen LogP) is 2.78. The molecule has 0 saturated carbocycles. The molecule has 0 aliphatic heterocycles. The van der Waals surface area contributed by atoms with Gasteiger partial charge in [0.25, 0.3) is 0 Å². The van der Waals surface area contributed by atoms with Crippen LogP contribution in [0.5, 0.6) is 0 Å². The Morgan fingerprint density at radius 2 is 2.29 bits per heavy atom. The van der Waals surface area contributed by atoms with Crippen LogP contribution >= 0.6 is 24.0 Å². The summed E-state index contributed by atoms with van der Waals surface area (Å²) in [6, 6.07) is 6.02. The van der Waals surface area contributed by atoms with E-state index in [4.69, 9.17) is 22.5 Å². The molecular formula is C14H18N4OS2. The summed E-state index contributed by atoms with van der Waals surface area (Å²) in [4.78, 5) is 5.68. The van der Waals surface area contributed by atoms with Gasteiger partial charge in [-0.2, -0.15) is 4.98 Å². The van der Waals surface area contributed by atoms with Crippen LogP contribution in [0, 0.1) is 6.92 Å². The van der Waals surface area contributed by atoms with E-state index in [1.54, 1.807) is 18.7 Å². The molecule has 2 rings (SSSR count). The molecule has 0 amide bonds. The molecule has 0 unspecified atom stereocenters. The molecule has 0 bridgehead atoms. The Balaban J connectivity index is 2.08. The lowest BCUT2D eigenvalue weighted by atomic mass is 10.1. The average molecular weight is 322 g/mol. The molecule has 2 aromatic rings. The monoisotopic (exact) mass is 322 g/mol. The van der Waals surface area contributed by atoms with E-state index in [-0.39, 0.29) is 0 Å². The predicted molar refractivity (Wildman–Crippen MR) is 90.0 cm³/mol. The highest BCUT2D eigenvalue weighted by Gasteiger charge is 2.11. The van der Waals surface area contributed by atoms with Gasteiger partial charge in [0.05, 0.1) is 0 Å². The largest absolute Gasteiger partial charge is 0.389 e. The Morgan fingerprint density at radius 1 is 1.48 bits per heavy atom. The van der Waals surface area contributed by atoms with Gasteiger partial charge < -0.3 is 15.6 Å². The zero-order chi connectivity index (χ0) is 15.2. The second-order valence-corrected chi connectivity index (χ2v) is 6.13. The molecule has 1 aromatic carbocycles. The number of thioether (sulfide) groups is 1. The van der Waals surface area contributed by atoms with E-state index in [0.29, 0.717) is 29.7 Å². The van der Waals surface area contributed by atoms with Crippen LogP contribution in [0.25, 0.3) is 0 Å². The number of aromatic nitrogens is 2. The van der Waals surface area contributed by atoms with Gasteiger partial charge in [-0.25, -0.2) is 0 Å². The SMILES string of the molecule is CCSc1cccc(NCCc2nc(C)no2)c1C(N)=S. The lowest BCUT2D eigenvalue weighted by Gasteiger charge is -2.14. The van der Waals surface area contributed by atoms with Gasteiger partial charge in [-0.15, -0.1) is 11.8 Å². The van der Waals surface area contributed by atoms with Crippen LogP contribution in [-0.2, 0) is 6.42 Å². The molecule has 3 N–H and O–H groups in total. The third kappa shape index (κ3) is 4.18. The number of thiocarbonyl (C=S) groups is 1. The Hall–Kier alpha value is -1.60. The summed E-state index contributed by atoms with van der Waals surface area (Å²) < 4.78 is 5.09. The quantitative estimate of drug-likeness (QED) is 0.599. The summed E-state index contributed by atoms with van der Waals surface area (Å²) in [5, 5.41) is 7.11. The first-order chi connectivity index (χ1) is 10.1.